The van der Waals surface area contributed by atoms with E-state index in [0.717, 1.165) is 12.7 Å². The summed E-state index contributed by atoms with van der Waals surface area (Å²) in [5, 5.41) is 0. The van der Waals surface area contributed by atoms with Crippen LogP contribution in [0.5, 0.6) is 0 Å². The number of carbonyl (C=O) groups excluding carboxylic acids is 4. The molecule has 25 heteroatoms. The lowest BCUT2D eigenvalue weighted by Crippen LogP contribution is -2.41. The number of benzene rings is 4. The van der Waals surface area contributed by atoms with Crippen LogP contribution in [0.15, 0.2) is 122 Å². The molecule has 4 aromatic carbocycles. The molecular weight excluding hydrogens is 891 g/mol. The molecule has 0 saturated carbocycles. The first-order valence-electron chi connectivity index (χ1n) is 18.1. The van der Waals surface area contributed by atoms with E-state index in [0.29, 0.717) is 11.1 Å². The summed E-state index contributed by atoms with van der Waals surface area (Å²) in [4.78, 5) is 104. The van der Waals surface area contributed by atoms with Gasteiger partial charge in [-0.2, -0.15) is 8.62 Å². The number of nitrogens with zero attached hydrogens (tertiary/aromatic N) is 4. The van der Waals surface area contributed by atoms with Crippen molar-refractivity contribution in [3.8, 4) is 0 Å². The number of aromatic nitrogens is 4. The zero-order chi connectivity index (χ0) is 45.1. The molecule has 0 amide bonds. The fourth-order valence-corrected chi connectivity index (χ4v) is 9.30. The van der Waals surface area contributed by atoms with Crippen molar-refractivity contribution >= 4 is 64.0 Å². The molecule has 1 aliphatic rings. The summed E-state index contributed by atoms with van der Waals surface area (Å²) in [6.07, 6.45) is -4.61. The van der Waals surface area contributed by atoms with Crippen LogP contribution in [0.25, 0.3) is 11.2 Å². The van der Waals surface area contributed by atoms with Crippen LogP contribution < -0.4 is 5.73 Å². The molecule has 6 atom stereocenters. The molecule has 0 aliphatic carbocycles. The fraction of sp³-hybridized carbons (Fsp3) is 0.132. The van der Waals surface area contributed by atoms with Crippen LogP contribution in [0, 0.1) is 0 Å². The molecule has 0 spiro atoms. The highest BCUT2D eigenvalue weighted by atomic mass is 31.3. The summed E-state index contributed by atoms with van der Waals surface area (Å²) < 4.78 is 67.7. The molecule has 63 heavy (non-hydrogen) atoms. The highest BCUT2D eigenvalue weighted by molar-refractivity contribution is 7.66. The second-order valence-electron chi connectivity index (χ2n) is 13.3. The molecule has 7 rings (SSSR count). The fourth-order valence-electron chi connectivity index (χ4n) is 6.27. The normalized spacial score (nSPS) is 19.4. The summed E-state index contributed by atoms with van der Waals surface area (Å²) >= 11 is 0. The Morgan fingerprint density at radius 1 is 0.619 bits per heavy atom. The van der Waals surface area contributed by atoms with Gasteiger partial charge in [0.05, 0.1) is 24.1 Å². The van der Waals surface area contributed by atoms with Crippen LogP contribution in [-0.2, 0) is 41.1 Å². The number of fused-ring (bicyclic) bond motifs is 1. The van der Waals surface area contributed by atoms with Crippen molar-refractivity contribution in [3.63, 3.8) is 0 Å². The monoisotopic (exact) mass is 923 g/mol. The lowest BCUT2D eigenvalue weighted by atomic mass is 10.0. The van der Waals surface area contributed by atoms with Crippen LogP contribution in [-0.4, -0.2) is 87.5 Å². The van der Waals surface area contributed by atoms with E-state index in [-0.39, 0.29) is 50.8 Å². The third-order valence-corrected chi connectivity index (χ3v) is 12.9. The van der Waals surface area contributed by atoms with Crippen molar-refractivity contribution in [2.24, 2.45) is 0 Å². The molecule has 2 aromatic heterocycles. The molecule has 1 aliphatic heterocycles. The minimum absolute atomic E-state index is 0.00890. The predicted molar refractivity (Wildman–Crippen MR) is 215 cm³/mol. The quantitative estimate of drug-likeness (QED) is 0.0504. The minimum atomic E-state index is -5.96. The summed E-state index contributed by atoms with van der Waals surface area (Å²) in [6, 6.07) is 27.3. The van der Waals surface area contributed by atoms with Gasteiger partial charge in [-0.3, -0.25) is 18.7 Å². The Bertz CT molecular complexity index is 2830. The van der Waals surface area contributed by atoms with Gasteiger partial charge in [0.2, 0.25) is 0 Å². The number of nitrogens with two attached hydrogens (primary N) is 1. The Kier molecular flexibility index (Phi) is 13.1. The van der Waals surface area contributed by atoms with Crippen LogP contribution in [0.2, 0.25) is 0 Å². The third kappa shape index (κ3) is 10.7. The Morgan fingerprint density at radius 2 is 1.10 bits per heavy atom. The van der Waals surface area contributed by atoms with Gasteiger partial charge in [0.1, 0.15) is 17.9 Å². The number of hydrogen-bond acceptors (Lipinski definition) is 17. The van der Waals surface area contributed by atoms with E-state index >= 15 is 0 Å². The van der Waals surface area contributed by atoms with E-state index in [1.54, 1.807) is 60.7 Å². The lowest BCUT2D eigenvalue weighted by molar-refractivity contribution is -0.0559. The summed E-state index contributed by atoms with van der Waals surface area (Å²) in [7, 11) is -17.5. The van der Waals surface area contributed by atoms with E-state index in [9.17, 15) is 42.7 Å². The topological polar surface area (TPSA) is 325 Å². The molecular formula is C38H32N5O17P3. The number of esters is 2. The number of carbonyl (C=O) groups is 4. The number of nitrogen functional groups attached to an aromatic ring is 1. The third-order valence-electron chi connectivity index (χ3n) is 9.09. The van der Waals surface area contributed by atoms with E-state index in [1.807, 2.05) is 0 Å². The Hall–Kier alpha value is -6.12. The number of hydrogen-bond donors (Lipinski definition) is 5. The maximum atomic E-state index is 13.9. The van der Waals surface area contributed by atoms with Crippen molar-refractivity contribution in [1.29, 1.82) is 0 Å². The molecule has 0 radical (unpaired) electrons. The first-order valence-corrected chi connectivity index (χ1v) is 22.6. The number of phosphoric ester groups is 1. The van der Waals surface area contributed by atoms with Crippen LogP contribution in [0.4, 0.5) is 5.82 Å². The molecule has 6 N–H and O–H groups in total. The van der Waals surface area contributed by atoms with Crippen LogP contribution >= 0.6 is 23.5 Å². The molecule has 2 unspecified atom stereocenters. The molecule has 0 bridgehead atoms. The number of imidazole rings is 1. The van der Waals surface area contributed by atoms with E-state index in [1.165, 1.54) is 53.1 Å². The van der Waals surface area contributed by atoms with Gasteiger partial charge >= 0.3 is 35.4 Å². The van der Waals surface area contributed by atoms with E-state index < -0.39 is 66.6 Å². The van der Waals surface area contributed by atoms with Crippen molar-refractivity contribution in [3.05, 3.63) is 155 Å². The summed E-state index contributed by atoms with van der Waals surface area (Å²) in [5.41, 5.74) is 7.05. The van der Waals surface area contributed by atoms with Gasteiger partial charge in [0.15, 0.2) is 41.5 Å². The van der Waals surface area contributed by atoms with Crippen molar-refractivity contribution in [2.75, 3.05) is 12.3 Å². The van der Waals surface area contributed by atoms with Gasteiger partial charge in [-0.1, -0.05) is 84.9 Å². The average Bonchev–Trinajstić information content (AvgIpc) is 3.83. The summed E-state index contributed by atoms with van der Waals surface area (Å²) in [6.45, 7) is -1.17. The highest BCUT2D eigenvalue weighted by Gasteiger charge is 2.52. The van der Waals surface area contributed by atoms with Gasteiger partial charge in [-0.15, -0.1) is 0 Å². The van der Waals surface area contributed by atoms with E-state index in [4.69, 9.17) is 34.3 Å². The van der Waals surface area contributed by atoms with Crippen molar-refractivity contribution in [1.82, 2.24) is 19.5 Å². The van der Waals surface area contributed by atoms with Crippen LogP contribution in [0.3, 0.4) is 0 Å². The predicted octanol–water partition coefficient (Wildman–Crippen LogP) is 4.56. The number of ketones is 2. The second-order valence-corrected chi connectivity index (χ2v) is 17.7. The van der Waals surface area contributed by atoms with Gasteiger partial charge in [0, 0.05) is 22.3 Å². The van der Waals surface area contributed by atoms with Crippen LogP contribution in [0.1, 0.15) is 58.8 Å². The number of phosphoric acid groups is 3. The zero-order valence-corrected chi connectivity index (χ0v) is 34.6. The zero-order valence-electron chi connectivity index (χ0n) is 31.9. The second kappa shape index (κ2) is 18.3. The Morgan fingerprint density at radius 3 is 1.60 bits per heavy atom. The Balaban J connectivity index is 1.22. The number of rotatable bonds is 16. The standard InChI is InChI=1S/C38H32N5O17P3/c39-34-29-35(41-20-40-34)43(21-42-29)36-33(58-38(47)27-17-13-25(14-18-27)31(45)23-9-5-2-6-10-23)32(28(56-36)19-55-62(51,52)60-63(53,54)59-61(48,49)50)57-37(46)26-15-11-24(12-16-26)30(44)22-7-3-1-4-8-22/h1-18,20-21,28,32-33,36H,19H2,(H,51,52)(H,53,54)(H2,39,40,41)(H2,48,49,50)/t28-,32-,33-,36-/m1/s1. The molecule has 1 saturated heterocycles. The summed E-state index contributed by atoms with van der Waals surface area (Å²) in [5.74, 6) is -2.91. The molecule has 22 nitrogen and oxygen atoms in total. The van der Waals surface area contributed by atoms with Gasteiger partial charge in [0.25, 0.3) is 0 Å². The molecule has 326 valence electrons. The molecule has 3 heterocycles. The van der Waals surface area contributed by atoms with E-state index in [2.05, 4.69) is 23.6 Å². The average molecular weight is 924 g/mol. The smallest absolute Gasteiger partial charge is 0.452 e. The molecule has 6 aromatic rings. The minimum Gasteiger partial charge on any atom is -0.452 e. The maximum absolute atomic E-state index is 13.9. The van der Waals surface area contributed by atoms with Gasteiger partial charge < -0.3 is 39.5 Å². The van der Waals surface area contributed by atoms with Gasteiger partial charge in [-0.05, 0) is 24.3 Å². The lowest BCUT2D eigenvalue weighted by Gasteiger charge is -2.25. The Labute approximate surface area is 354 Å². The number of anilines is 1. The maximum Gasteiger partial charge on any atom is 0.490 e. The van der Waals surface area contributed by atoms with Gasteiger partial charge in [-0.25, -0.2) is 38.2 Å². The number of ether oxygens (including phenoxy) is 3. The first kappa shape index (κ1) is 44.9. The SMILES string of the molecule is Nc1ncnc2c1ncn2[C@@H]1O[C@H](COP(=O)(O)OP(=O)(O)OP(=O)(O)O)[C@@H](OC(=O)c2ccc(C(=O)c3ccccc3)cc2)[C@H]1OC(=O)c1ccc(C(=O)c2ccccc2)cc1. The van der Waals surface area contributed by atoms with Crippen molar-refractivity contribution < 1.29 is 79.8 Å². The first-order chi connectivity index (χ1) is 29.9. The largest absolute Gasteiger partial charge is 0.490 e. The molecule has 1 fully saturated rings. The highest BCUT2D eigenvalue weighted by Crippen LogP contribution is 2.66. The van der Waals surface area contributed by atoms with Crippen molar-refractivity contribution in [2.45, 2.75) is 24.5 Å².